The van der Waals surface area contributed by atoms with Gasteiger partial charge in [0.15, 0.2) is 0 Å². The Morgan fingerprint density at radius 2 is 2.00 bits per heavy atom. The fourth-order valence-electron chi connectivity index (χ4n) is 1.35. The number of thiophene rings is 1. The lowest BCUT2D eigenvalue weighted by Crippen LogP contribution is -2.31. The van der Waals surface area contributed by atoms with Crippen LogP contribution in [-0.4, -0.2) is 22.3 Å². The Morgan fingerprint density at radius 3 is 2.64 bits per heavy atom. The maximum Gasteiger partial charge on any atom is 0.491 e. The molecule has 0 saturated heterocycles. The van der Waals surface area contributed by atoms with Gasteiger partial charge in [-0.3, -0.25) is 0 Å². The highest BCUT2D eigenvalue weighted by Gasteiger charge is 2.20. The predicted molar refractivity (Wildman–Crippen MR) is 60.6 cm³/mol. The van der Waals surface area contributed by atoms with E-state index in [1.807, 2.05) is 0 Å². The number of fused-ring (bicyclic) bond motifs is 1. The summed E-state index contributed by atoms with van der Waals surface area (Å²) in [6.07, 6.45) is 0. The number of aromatic hydroxyl groups is 1. The van der Waals surface area contributed by atoms with Crippen molar-refractivity contribution in [1.29, 1.82) is 0 Å². The second kappa shape index (κ2) is 3.47. The van der Waals surface area contributed by atoms with E-state index in [1.54, 1.807) is 17.5 Å². The molecule has 0 aliphatic carbocycles. The minimum absolute atomic E-state index is 0.153. The zero-order chi connectivity index (χ0) is 10.3. The first kappa shape index (κ1) is 9.85. The maximum absolute atomic E-state index is 9.43. The Labute approximate surface area is 90.2 Å². The van der Waals surface area contributed by atoms with Crippen LogP contribution in [-0.2, 0) is 0 Å². The molecule has 0 fully saturated rings. The molecule has 2 rings (SSSR count). The molecule has 0 radical (unpaired) electrons. The van der Waals surface area contributed by atoms with Gasteiger partial charge < -0.3 is 15.2 Å². The number of rotatable bonds is 1. The molecular formula is C8H7BO3S2. The van der Waals surface area contributed by atoms with E-state index in [4.69, 9.17) is 10.0 Å². The number of thiol groups is 1. The molecular weight excluding hydrogens is 219 g/mol. The van der Waals surface area contributed by atoms with Gasteiger partial charge in [0, 0.05) is 25.8 Å². The van der Waals surface area contributed by atoms with Gasteiger partial charge in [0.05, 0.1) is 0 Å². The fourth-order valence-corrected chi connectivity index (χ4v) is 2.72. The minimum Gasteiger partial charge on any atom is -0.506 e. The van der Waals surface area contributed by atoms with Gasteiger partial charge in [0.25, 0.3) is 0 Å². The molecule has 0 amide bonds. The van der Waals surface area contributed by atoms with Crippen LogP contribution in [0.15, 0.2) is 22.4 Å². The molecule has 0 aliphatic heterocycles. The smallest absolute Gasteiger partial charge is 0.491 e. The molecule has 0 unspecified atom stereocenters. The van der Waals surface area contributed by atoms with Gasteiger partial charge in [0.2, 0.25) is 0 Å². The summed E-state index contributed by atoms with van der Waals surface area (Å²) in [6.45, 7) is 0. The fraction of sp³-hybridized carbons (Fsp3) is 0. The zero-order valence-corrected chi connectivity index (χ0v) is 8.72. The van der Waals surface area contributed by atoms with Crippen LogP contribution >= 0.6 is 24.0 Å². The zero-order valence-electron chi connectivity index (χ0n) is 7.01. The maximum atomic E-state index is 9.43. The monoisotopic (exact) mass is 226 g/mol. The van der Waals surface area contributed by atoms with Crippen molar-refractivity contribution in [1.82, 2.24) is 0 Å². The molecule has 0 spiro atoms. The van der Waals surface area contributed by atoms with Crippen molar-refractivity contribution in [3.8, 4) is 5.75 Å². The van der Waals surface area contributed by atoms with Crippen LogP contribution in [0.4, 0.5) is 0 Å². The molecule has 72 valence electrons. The van der Waals surface area contributed by atoms with E-state index in [9.17, 15) is 5.11 Å². The van der Waals surface area contributed by atoms with E-state index in [-0.39, 0.29) is 5.75 Å². The normalized spacial score (nSPS) is 10.8. The molecule has 1 aromatic heterocycles. The highest BCUT2D eigenvalue weighted by atomic mass is 32.1. The Morgan fingerprint density at radius 1 is 1.29 bits per heavy atom. The van der Waals surface area contributed by atoms with Crippen molar-refractivity contribution < 1.29 is 15.2 Å². The van der Waals surface area contributed by atoms with Crippen LogP contribution in [0.5, 0.6) is 5.75 Å². The summed E-state index contributed by atoms with van der Waals surface area (Å²) >= 11 is 5.39. The molecule has 1 aromatic carbocycles. The second-order valence-corrected chi connectivity index (χ2v) is 4.23. The highest BCUT2D eigenvalue weighted by Crippen LogP contribution is 2.31. The summed E-state index contributed by atoms with van der Waals surface area (Å²) in [5.41, 5.74) is 0.344. The topological polar surface area (TPSA) is 60.7 Å². The van der Waals surface area contributed by atoms with Crippen molar-refractivity contribution in [2.75, 3.05) is 0 Å². The molecule has 6 heteroatoms. The quantitative estimate of drug-likeness (QED) is 0.425. The Bertz CT molecular complexity index is 481. The largest absolute Gasteiger partial charge is 0.506 e. The summed E-state index contributed by atoms with van der Waals surface area (Å²) in [5.74, 6) is 0.153. The first-order valence-electron chi connectivity index (χ1n) is 3.89. The first-order chi connectivity index (χ1) is 6.61. The van der Waals surface area contributed by atoms with Crippen molar-refractivity contribution in [2.24, 2.45) is 0 Å². The summed E-state index contributed by atoms with van der Waals surface area (Å²) < 4.78 is 0.657. The van der Waals surface area contributed by atoms with E-state index < -0.39 is 7.12 Å². The number of benzene rings is 1. The third-order valence-electron chi connectivity index (χ3n) is 2.00. The third kappa shape index (κ3) is 1.40. The first-order valence-corrected chi connectivity index (χ1v) is 5.22. The van der Waals surface area contributed by atoms with Gasteiger partial charge >= 0.3 is 7.12 Å². The minimum atomic E-state index is -1.57. The molecule has 2 aromatic rings. The van der Waals surface area contributed by atoms with Gasteiger partial charge in [0.1, 0.15) is 5.75 Å². The van der Waals surface area contributed by atoms with Gasteiger partial charge in [-0.25, -0.2) is 0 Å². The summed E-state index contributed by atoms with van der Waals surface area (Å²) in [6, 6.07) is 3.34. The summed E-state index contributed by atoms with van der Waals surface area (Å²) in [7, 11) is -1.57. The Balaban J connectivity index is 2.83. The highest BCUT2D eigenvalue weighted by molar-refractivity contribution is 7.80. The van der Waals surface area contributed by atoms with E-state index in [0.717, 1.165) is 0 Å². The van der Waals surface area contributed by atoms with Gasteiger partial charge in [-0.15, -0.1) is 24.0 Å². The molecule has 0 aliphatic rings. The second-order valence-electron chi connectivity index (χ2n) is 2.87. The van der Waals surface area contributed by atoms with Crippen LogP contribution in [0, 0.1) is 0 Å². The molecule has 14 heavy (non-hydrogen) atoms. The average Bonchev–Trinajstić information content (AvgIpc) is 2.47. The van der Waals surface area contributed by atoms with Gasteiger partial charge in [-0.2, -0.15) is 0 Å². The Kier molecular flexibility index (Phi) is 2.44. The van der Waals surface area contributed by atoms with E-state index in [1.165, 1.54) is 11.3 Å². The molecule has 1 heterocycles. The summed E-state index contributed by atoms with van der Waals surface area (Å²) in [4.78, 5) is 0.509. The third-order valence-corrected chi connectivity index (χ3v) is 3.40. The molecule has 0 saturated carbocycles. The molecule has 3 nitrogen and oxygen atoms in total. The standard InChI is InChI=1S/C8H7BO3S2/c10-5-3-14-8-4(5)1-2-6(13)7(8)9(11)12/h1-3,10-13H. The lowest BCUT2D eigenvalue weighted by Gasteiger charge is -2.04. The van der Waals surface area contributed by atoms with Crippen molar-refractivity contribution in [3.05, 3.63) is 17.5 Å². The van der Waals surface area contributed by atoms with E-state index in [0.29, 0.717) is 20.4 Å². The van der Waals surface area contributed by atoms with Crippen LogP contribution < -0.4 is 5.46 Å². The van der Waals surface area contributed by atoms with Crippen LogP contribution in [0.3, 0.4) is 0 Å². The van der Waals surface area contributed by atoms with Crippen molar-refractivity contribution >= 4 is 46.6 Å². The van der Waals surface area contributed by atoms with E-state index in [2.05, 4.69) is 12.6 Å². The van der Waals surface area contributed by atoms with E-state index >= 15 is 0 Å². The average molecular weight is 226 g/mol. The lowest BCUT2D eigenvalue weighted by molar-refractivity contribution is 0.425. The predicted octanol–water partition coefficient (Wildman–Crippen LogP) is 0.575. The molecule has 0 atom stereocenters. The van der Waals surface area contributed by atoms with Crippen LogP contribution in [0.1, 0.15) is 0 Å². The lowest BCUT2D eigenvalue weighted by atomic mass is 9.79. The van der Waals surface area contributed by atoms with Gasteiger partial charge in [-0.1, -0.05) is 0 Å². The summed E-state index contributed by atoms with van der Waals surface area (Å²) in [5, 5.41) is 29.9. The molecule has 3 N–H and O–H groups in total. The SMILES string of the molecule is OB(O)c1c(S)ccc2c(O)csc12. The van der Waals surface area contributed by atoms with Gasteiger partial charge in [-0.05, 0) is 12.1 Å². The number of hydrogen-bond donors (Lipinski definition) is 4. The Hall–Kier alpha value is -0.685. The number of hydrogen-bond acceptors (Lipinski definition) is 5. The van der Waals surface area contributed by atoms with Crippen LogP contribution in [0.2, 0.25) is 0 Å². The molecule has 0 bridgehead atoms. The van der Waals surface area contributed by atoms with Crippen LogP contribution in [0.25, 0.3) is 10.1 Å². The van der Waals surface area contributed by atoms with Crippen molar-refractivity contribution in [2.45, 2.75) is 4.90 Å². The van der Waals surface area contributed by atoms with Crippen molar-refractivity contribution in [3.63, 3.8) is 0 Å².